The summed E-state index contributed by atoms with van der Waals surface area (Å²) in [7, 11) is 0. The number of anilines is 1. The number of fused-ring (bicyclic) bond motifs is 2. The van der Waals surface area contributed by atoms with Gasteiger partial charge in [0, 0.05) is 11.1 Å². The number of Topliss-reactive ketones (excluding diaryl/α,β-unsaturated/α-hetero) is 1. The quantitative estimate of drug-likeness (QED) is 0.707. The average Bonchev–Trinajstić information content (AvgIpc) is 3.41. The van der Waals surface area contributed by atoms with Crippen LogP contribution in [0.2, 0.25) is 0 Å². The number of aromatic nitrogens is 2. The van der Waals surface area contributed by atoms with Gasteiger partial charge in [-0.15, -0.1) is 0 Å². The minimum absolute atomic E-state index is 0.0339. The third-order valence-corrected chi connectivity index (χ3v) is 4.77. The first-order valence-corrected chi connectivity index (χ1v) is 9.03. The van der Waals surface area contributed by atoms with E-state index in [4.69, 9.17) is 4.74 Å². The zero-order chi connectivity index (χ0) is 20.1. The van der Waals surface area contributed by atoms with Gasteiger partial charge >= 0.3 is 6.09 Å². The van der Waals surface area contributed by atoms with Crippen LogP contribution in [0.15, 0.2) is 35.3 Å². The fraction of sp³-hybridized carbons (Fsp3) is 0.200. The third-order valence-electron chi connectivity index (χ3n) is 4.77. The van der Waals surface area contributed by atoms with Gasteiger partial charge in [0.25, 0.3) is 0 Å². The molecule has 1 aromatic heterocycles. The molecule has 0 radical (unpaired) electrons. The summed E-state index contributed by atoms with van der Waals surface area (Å²) in [5, 5.41) is 2.53. The van der Waals surface area contributed by atoms with Crippen molar-refractivity contribution < 1.29 is 23.1 Å². The molecule has 2 heterocycles. The monoisotopic (exact) mass is 396 g/mol. The number of rotatable bonds is 3. The van der Waals surface area contributed by atoms with E-state index >= 15 is 0 Å². The summed E-state index contributed by atoms with van der Waals surface area (Å²) in [6, 6.07) is 6.88. The first kappa shape index (κ1) is 17.5. The Morgan fingerprint density at radius 2 is 1.90 bits per heavy atom. The van der Waals surface area contributed by atoms with Crippen molar-refractivity contribution in [3.63, 3.8) is 0 Å². The first-order chi connectivity index (χ1) is 14.0. The number of carbonyl (C=O) groups is 2. The lowest BCUT2D eigenvalue weighted by Crippen LogP contribution is -2.23. The highest BCUT2D eigenvalue weighted by Crippen LogP contribution is 2.28. The Morgan fingerprint density at radius 3 is 2.66 bits per heavy atom. The van der Waals surface area contributed by atoms with E-state index in [1.54, 1.807) is 18.2 Å². The first-order valence-electron chi connectivity index (χ1n) is 9.03. The summed E-state index contributed by atoms with van der Waals surface area (Å²) in [6.45, 7) is -0.260. The van der Waals surface area contributed by atoms with Crippen molar-refractivity contribution in [3.05, 3.63) is 58.7 Å². The lowest BCUT2D eigenvalue weighted by molar-refractivity contribution is 0.0995. The summed E-state index contributed by atoms with van der Waals surface area (Å²) in [5.41, 5.74) is 1.36. The van der Waals surface area contributed by atoms with Crippen LogP contribution < -0.4 is 5.32 Å². The number of aliphatic imine (C=N–C) groups is 1. The second kappa shape index (κ2) is 6.47. The average molecular weight is 396 g/mol. The topological polar surface area (TPSA) is 96.4 Å². The highest BCUT2D eigenvalue weighted by molar-refractivity contribution is 6.22. The number of hydrogen-bond donors (Lipinski definition) is 2. The van der Waals surface area contributed by atoms with Gasteiger partial charge in [-0.3, -0.25) is 15.1 Å². The van der Waals surface area contributed by atoms with E-state index in [9.17, 15) is 18.4 Å². The van der Waals surface area contributed by atoms with E-state index in [1.807, 2.05) is 0 Å². The Kier molecular flexibility index (Phi) is 3.90. The third kappa shape index (κ3) is 3.14. The standard InChI is InChI=1S/C20H14F2N4O3/c21-11-4-5-12(22)17-16(11)15(27)8-23-18(17)9-1-6-13-14(7-9)25-19(24-13)26-20(28)29-10-2-3-10/h1,4-7,10H,2-3,8H2,(H2,24,25,26,28). The van der Waals surface area contributed by atoms with E-state index in [0.29, 0.717) is 16.6 Å². The molecule has 2 aliphatic rings. The van der Waals surface area contributed by atoms with Crippen LogP contribution in [0, 0.1) is 11.6 Å². The fourth-order valence-electron chi connectivity index (χ4n) is 3.28. The molecule has 0 unspecified atom stereocenters. The summed E-state index contributed by atoms with van der Waals surface area (Å²) in [5.74, 6) is -1.85. The number of imidazole rings is 1. The number of aromatic amines is 1. The molecule has 0 saturated heterocycles. The molecule has 146 valence electrons. The van der Waals surface area contributed by atoms with E-state index in [2.05, 4.69) is 20.3 Å². The predicted octanol–water partition coefficient (Wildman–Crippen LogP) is 3.59. The smallest absolute Gasteiger partial charge is 0.414 e. The molecule has 1 amide bonds. The fourth-order valence-corrected chi connectivity index (χ4v) is 3.28. The van der Waals surface area contributed by atoms with E-state index in [-0.39, 0.29) is 35.4 Å². The highest BCUT2D eigenvalue weighted by Gasteiger charge is 2.29. The van der Waals surface area contributed by atoms with E-state index < -0.39 is 23.5 Å². The van der Waals surface area contributed by atoms with Crippen LogP contribution in [0.5, 0.6) is 0 Å². The maximum atomic E-state index is 14.4. The molecular formula is C20H14F2N4O3. The van der Waals surface area contributed by atoms with Gasteiger partial charge in [-0.05, 0) is 37.1 Å². The summed E-state index contributed by atoms with van der Waals surface area (Å²) >= 11 is 0. The summed E-state index contributed by atoms with van der Waals surface area (Å²) in [6.07, 6.45) is 1.10. The molecule has 1 aliphatic carbocycles. The van der Waals surface area contributed by atoms with Crippen molar-refractivity contribution in [1.82, 2.24) is 9.97 Å². The van der Waals surface area contributed by atoms with Crippen LogP contribution in [-0.2, 0) is 4.74 Å². The van der Waals surface area contributed by atoms with Gasteiger partial charge in [-0.1, -0.05) is 6.07 Å². The maximum Gasteiger partial charge on any atom is 0.414 e. The number of hydrogen-bond acceptors (Lipinski definition) is 5. The molecule has 3 aromatic rings. The number of amides is 1. The van der Waals surface area contributed by atoms with Gasteiger partial charge < -0.3 is 9.72 Å². The van der Waals surface area contributed by atoms with Crippen LogP contribution in [0.4, 0.5) is 19.5 Å². The zero-order valence-electron chi connectivity index (χ0n) is 15.0. The normalized spacial score (nSPS) is 15.8. The van der Waals surface area contributed by atoms with Gasteiger partial charge in [-0.2, -0.15) is 0 Å². The number of nitrogens with zero attached hydrogens (tertiary/aromatic N) is 2. The molecule has 1 fully saturated rings. The van der Waals surface area contributed by atoms with Crippen molar-refractivity contribution in [1.29, 1.82) is 0 Å². The lowest BCUT2D eigenvalue weighted by Gasteiger charge is -2.17. The number of carbonyl (C=O) groups excluding carboxylic acids is 2. The molecule has 0 spiro atoms. The molecule has 29 heavy (non-hydrogen) atoms. The van der Waals surface area contributed by atoms with Gasteiger partial charge in [-0.25, -0.2) is 18.6 Å². The van der Waals surface area contributed by atoms with Crippen molar-refractivity contribution in [2.45, 2.75) is 18.9 Å². The summed E-state index contributed by atoms with van der Waals surface area (Å²) < 4.78 is 33.7. The van der Waals surface area contributed by atoms with Crippen molar-refractivity contribution in [2.24, 2.45) is 4.99 Å². The van der Waals surface area contributed by atoms with E-state index in [0.717, 1.165) is 25.0 Å². The van der Waals surface area contributed by atoms with Crippen LogP contribution in [0.1, 0.15) is 34.3 Å². The molecule has 2 aromatic carbocycles. The maximum absolute atomic E-state index is 14.4. The van der Waals surface area contributed by atoms with Gasteiger partial charge in [0.1, 0.15) is 24.3 Å². The number of H-pyrrole nitrogens is 1. The molecule has 2 N–H and O–H groups in total. The van der Waals surface area contributed by atoms with E-state index in [1.165, 1.54) is 0 Å². The molecule has 1 saturated carbocycles. The molecule has 0 atom stereocenters. The number of benzene rings is 2. The summed E-state index contributed by atoms with van der Waals surface area (Å²) in [4.78, 5) is 35.2. The molecule has 5 rings (SSSR count). The minimum Gasteiger partial charge on any atom is -0.446 e. The number of ketones is 1. The second-order valence-corrected chi connectivity index (χ2v) is 6.91. The Hall–Kier alpha value is -3.62. The number of ether oxygens (including phenoxy) is 1. The Balaban J connectivity index is 1.50. The van der Waals surface area contributed by atoms with Crippen molar-refractivity contribution in [2.75, 3.05) is 11.9 Å². The number of nitrogens with one attached hydrogen (secondary N) is 2. The Morgan fingerprint density at radius 1 is 1.14 bits per heavy atom. The number of halogens is 2. The lowest BCUT2D eigenvalue weighted by atomic mass is 9.91. The second-order valence-electron chi connectivity index (χ2n) is 6.91. The van der Waals surface area contributed by atoms with Crippen LogP contribution in [-0.4, -0.2) is 40.2 Å². The molecule has 9 heteroatoms. The Bertz CT molecular complexity index is 1210. The van der Waals surface area contributed by atoms with Gasteiger partial charge in [0.15, 0.2) is 5.78 Å². The highest BCUT2D eigenvalue weighted by atomic mass is 19.1. The Labute approximate surface area is 162 Å². The van der Waals surface area contributed by atoms with Crippen LogP contribution >= 0.6 is 0 Å². The SMILES string of the molecule is O=C(Nc1nc2ccc(C3=NCC(=O)c4c(F)ccc(F)c43)cc2[nH]1)OC1CC1. The van der Waals surface area contributed by atoms with Crippen LogP contribution in [0.3, 0.4) is 0 Å². The van der Waals surface area contributed by atoms with Gasteiger partial charge in [0.05, 0.1) is 22.3 Å². The van der Waals surface area contributed by atoms with Crippen molar-refractivity contribution in [3.8, 4) is 0 Å². The van der Waals surface area contributed by atoms with Crippen LogP contribution in [0.25, 0.3) is 11.0 Å². The minimum atomic E-state index is -0.776. The molecule has 1 aliphatic heterocycles. The predicted molar refractivity (Wildman–Crippen MR) is 100 cm³/mol. The molecular weight excluding hydrogens is 382 g/mol. The van der Waals surface area contributed by atoms with Crippen molar-refractivity contribution >= 4 is 34.6 Å². The largest absolute Gasteiger partial charge is 0.446 e. The van der Waals surface area contributed by atoms with Gasteiger partial charge in [0.2, 0.25) is 5.95 Å². The zero-order valence-corrected chi connectivity index (χ0v) is 15.0. The molecule has 0 bridgehead atoms. The molecule has 7 nitrogen and oxygen atoms in total.